The second-order valence-corrected chi connectivity index (χ2v) is 10.3. The van der Waals surface area contributed by atoms with E-state index in [-0.39, 0.29) is 0 Å². The van der Waals surface area contributed by atoms with Crippen molar-refractivity contribution in [3.8, 4) is 44.9 Å². The molecule has 5 aromatic carbocycles. The molecule has 0 N–H and O–H groups in total. The van der Waals surface area contributed by atoms with Crippen molar-refractivity contribution in [2.24, 2.45) is 0 Å². The highest BCUT2D eigenvalue weighted by Gasteiger charge is 2.15. The van der Waals surface area contributed by atoms with Crippen LogP contribution in [0.1, 0.15) is 0 Å². The lowest BCUT2D eigenvalue weighted by Crippen LogP contribution is -1.96. The van der Waals surface area contributed by atoms with Crippen molar-refractivity contribution in [2.45, 2.75) is 0 Å². The van der Waals surface area contributed by atoms with Crippen molar-refractivity contribution in [1.82, 2.24) is 19.9 Å². The summed E-state index contributed by atoms with van der Waals surface area (Å²) >= 11 is 0. The summed E-state index contributed by atoms with van der Waals surface area (Å²) < 4.78 is 0. The Morgan fingerprint density at radius 1 is 0.357 bits per heavy atom. The van der Waals surface area contributed by atoms with Crippen LogP contribution in [0.3, 0.4) is 0 Å². The first-order valence-corrected chi connectivity index (χ1v) is 14.0. The highest BCUT2D eigenvalue weighted by molar-refractivity contribution is 6.03. The van der Waals surface area contributed by atoms with Crippen LogP contribution < -0.4 is 0 Å². The summed E-state index contributed by atoms with van der Waals surface area (Å²) in [7, 11) is 0. The van der Waals surface area contributed by atoms with E-state index in [9.17, 15) is 0 Å². The molecule has 3 heterocycles. The SMILES string of the molecule is c1ccc(-c2cccc(-c3nc4ccccc4nc3-c3cccc(-c4ccc5ccc6cccnc6c5n4)c3)c2)cc1. The van der Waals surface area contributed by atoms with Gasteiger partial charge in [0.15, 0.2) is 0 Å². The fraction of sp³-hybridized carbons (Fsp3) is 0. The number of benzene rings is 5. The number of aromatic nitrogens is 4. The maximum absolute atomic E-state index is 5.16. The molecule has 0 atom stereocenters. The molecule has 8 rings (SSSR count). The number of para-hydroxylation sites is 2. The predicted molar refractivity (Wildman–Crippen MR) is 172 cm³/mol. The highest BCUT2D eigenvalue weighted by Crippen LogP contribution is 2.35. The van der Waals surface area contributed by atoms with Gasteiger partial charge in [0.05, 0.1) is 39.1 Å². The molecule has 0 saturated carbocycles. The van der Waals surface area contributed by atoms with E-state index in [1.165, 1.54) is 5.56 Å². The van der Waals surface area contributed by atoms with Crippen LogP contribution >= 0.6 is 0 Å². The van der Waals surface area contributed by atoms with E-state index in [0.29, 0.717) is 0 Å². The molecule has 8 aromatic rings. The summed E-state index contributed by atoms with van der Waals surface area (Å²) in [6.07, 6.45) is 1.82. The van der Waals surface area contributed by atoms with Crippen LogP contribution in [0.2, 0.25) is 0 Å². The lowest BCUT2D eigenvalue weighted by Gasteiger charge is -2.13. The Hall–Kier alpha value is -5.74. The van der Waals surface area contributed by atoms with E-state index in [1.807, 2.05) is 42.6 Å². The van der Waals surface area contributed by atoms with Crippen LogP contribution in [0.15, 0.2) is 146 Å². The Balaban J connectivity index is 1.30. The molecule has 0 unspecified atom stereocenters. The molecule has 0 radical (unpaired) electrons. The number of rotatable bonds is 4. The minimum absolute atomic E-state index is 0.841. The van der Waals surface area contributed by atoms with Gasteiger partial charge in [-0.3, -0.25) is 4.98 Å². The zero-order valence-corrected chi connectivity index (χ0v) is 22.6. The summed E-state index contributed by atoms with van der Waals surface area (Å²) in [4.78, 5) is 20.0. The normalized spacial score (nSPS) is 11.3. The van der Waals surface area contributed by atoms with Crippen LogP contribution in [0.5, 0.6) is 0 Å². The zero-order valence-electron chi connectivity index (χ0n) is 22.6. The Labute approximate surface area is 243 Å². The second kappa shape index (κ2) is 10.0. The van der Waals surface area contributed by atoms with Gasteiger partial charge in [-0.05, 0) is 47.5 Å². The van der Waals surface area contributed by atoms with E-state index < -0.39 is 0 Å². The smallest absolute Gasteiger partial charge is 0.0973 e. The first-order valence-electron chi connectivity index (χ1n) is 14.0. The maximum atomic E-state index is 5.16. The molecule has 3 aromatic heterocycles. The molecule has 0 amide bonds. The third-order valence-corrected chi connectivity index (χ3v) is 7.68. The lowest BCUT2D eigenvalue weighted by atomic mass is 9.97. The monoisotopic (exact) mass is 536 g/mol. The standard InChI is InChI=1S/C38H24N4/c1-2-9-25(10-3-1)28-11-6-13-30(23-28)37-38(42-34-17-5-4-16-33(34)41-37)31-14-7-12-29(24-31)32-21-20-27-19-18-26-15-8-22-39-35(26)36(27)40-32/h1-24H. The van der Waals surface area contributed by atoms with Gasteiger partial charge < -0.3 is 0 Å². The van der Waals surface area contributed by atoms with E-state index in [4.69, 9.17) is 15.0 Å². The van der Waals surface area contributed by atoms with Crippen molar-refractivity contribution in [2.75, 3.05) is 0 Å². The van der Waals surface area contributed by atoms with E-state index in [0.717, 1.165) is 72.2 Å². The summed E-state index contributed by atoms with van der Waals surface area (Å²) in [6, 6.07) is 47.9. The molecule has 0 aliphatic carbocycles. The minimum atomic E-state index is 0.841. The average molecular weight is 537 g/mol. The molecule has 0 aliphatic rings. The molecule has 196 valence electrons. The molecule has 0 fully saturated rings. The minimum Gasteiger partial charge on any atom is -0.254 e. The lowest BCUT2D eigenvalue weighted by molar-refractivity contribution is 1.29. The zero-order chi connectivity index (χ0) is 27.9. The molecule has 0 saturated heterocycles. The number of hydrogen-bond acceptors (Lipinski definition) is 4. The van der Waals surface area contributed by atoms with Gasteiger partial charge in [0.25, 0.3) is 0 Å². The van der Waals surface area contributed by atoms with Gasteiger partial charge >= 0.3 is 0 Å². The van der Waals surface area contributed by atoms with Gasteiger partial charge in [-0.1, -0.05) is 103 Å². The summed E-state index contributed by atoms with van der Waals surface area (Å²) in [5.41, 5.74) is 11.5. The van der Waals surface area contributed by atoms with Crippen LogP contribution in [-0.2, 0) is 0 Å². The van der Waals surface area contributed by atoms with Crippen molar-refractivity contribution in [3.63, 3.8) is 0 Å². The molecular formula is C38H24N4. The Morgan fingerprint density at radius 3 is 1.67 bits per heavy atom. The van der Waals surface area contributed by atoms with Crippen LogP contribution in [0.4, 0.5) is 0 Å². The molecule has 42 heavy (non-hydrogen) atoms. The Kier molecular flexibility index (Phi) is 5.75. The van der Waals surface area contributed by atoms with Crippen molar-refractivity contribution in [1.29, 1.82) is 0 Å². The molecule has 0 spiro atoms. The maximum Gasteiger partial charge on any atom is 0.0973 e. The van der Waals surface area contributed by atoms with Crippen molar-refractivity contribution >= 4 is 32.8 Å². The number of hydrogen-bond donors (Lipinski definition) is 0. The van der Waals surface area contributed by atoms with Gasteiger partial charge in [-0.15, -0.1) is 0 Å². The average Bonchev–Trinajstić information content (AvgIpc) is 3.08. The first-order chi connectivity index (χ1) is 20.8. The van der Waals surface area contributed by atoms with Crippen molar-refractivity contribution in [3.05, 3.63) is 146 Å². The largest absolute Gasteiger partial charge is 0.254 e. The fourth-order valence-electron chi connectivity index (χ4n) is 5.59. The van der Waals surface area contributed by atoms with Crippen LogP contribution in [0.25, 0.3) is 77.7 Å². The topological polar surface area (TPSA) is 51.6 Å². The first kappa shape index (κ1) is 24.1. The van der Waals surface area contributed by atoms with Gasteiger partial charge in [-0.2, -0.15) is 0 Å². The van der Waals surface area contributed by atoms with Crippen LogP contribution in [0, 0.1) is 0 Å². The predicted octanol–water partition coefficient (Wildman–Crippen LogP) is 9.39. The molecular weight excluding hydrogens is 512 g/mol. The van der Waals surface area contributed by atoms with Gasteiger partial charge in [0, 0.05) is 33.7 Å². The molecule has 0 aliphatic heterocycles. The molecule has 4 nitrogen and oxygen atoms in total. The molecule has 0 bridgehead atoms. The van der Waals surface area contributed by atoms with E-state index >= 15 is 0 Å². The van der Waals surface area contributed by atoms with Gasteiger partial charge in [0.2, 0.25) is 0 Å². The Bertz CT molecular complexity index is 2260. The third-order valence-electron chi connectivity index (χ3n) is 7.68. The van der Waals surface area contributed by atoms with Crippen LogP contribution in [-0.4, -0.2) is 19.9 Å². The summed E-state index contributed by atoms with van der Waals surface area (Å²) in [5.74, 6) is 0. The van der Waals surface area contributed by atoms with Crippen molar-refractivity contribution < 1.29 is 0 Å². The number of fused-ring (bicyclic) bond motifs is 4. The summed E-state index contributed by atoms with van der Waals surface area (Å²) in [6.45, 7) is 0. The Morgan fingerprint density at radius 2 is 0.929 bits per heavy atom. The molecule has 4 heteroatoms. The fourth-order valence-corrected chi connectivity index (χ4v) is 5.59. The second-order valence-electron chi connectivity index (χ2n) is 10.3. The highest BCUT2D eigenvalue weighted by atomic mass is 14.8. The number of pyridine rings is 2. The van der Waals surface area contributed by atoms with E-state index in [2.05, 4.69) is 108 Å². The summed E-state index contributed by atoms with van der Waals surface area (Å²) in [5, 5.41) is 2.15. The number of nitrogens with zero attached hydrogens (tertiary/aromatic N) is 4. The van der Waals surface area contributed by atoms with Gasteiger partial charge in [-0.25, -0.2) is 15.0 Å². The van der Waals surface area contributed by atoms with Gasteiger partial charge in [0.1, 0.15) is 0 Å². The van der Waals surface area contributed by atoms with E-state index in [1.54, 1.807) is 0 Å². The third kappa shape index (κ3) is 4.27. The quantitative estimate of drug-likeness (QED) is 0.210.